The van der Waals surface area contributed by atoms with E-state index in [2.05, 4.69) is 15.1 Å². The van der Waals surface area contributed by atoms with Gasteiger partial charge in [-0.25, -0.2) is 9.78 Å². The predicted octanol–water partition coefficient (Wildman–Crippen LogP) is 2.46. The van der Waals surface area contributed by atoms with Crippen LogP contribution in [-0.4, -0.2) is 35.9 Å². The van der Waals surface area contributed by atoms with Crippen LogP contribution in [0.15, 0.2) is 35.1 Å². The van der Waals surface area contributed by atoms with Crippen molar-refractivity contribution in [1.82, 2.24) is 19.7 Å². The lowest BCUT2D eigenvalue weighted by molar-refractivity contribution is 0.0694. The fourth-order valence-corrected chi connectivity index (χ4v) is 2.68. The molecule has 0 atom stereocenters. The van der Waals surface area contributed by atoms with Crippen LogP contribution >= 0.6 is 0 Å². The SMILES string of the molecule is O=C(O)c1cc(-c2nccn2CCc2noc(C3CC3)n2)ccc1O. The minimum absolute atomic E-state index is 0.153. The number of nitrogens with zero attached hydrogens (tertiary/aromatic N) is 4. The first-order valence-corrected chi connectivity index (χ1v) is 8.02. The van der Waals surface area contributed by atoms with Gasteiger partial charge >= 0.3 is 5.97 Å². The van der Waals surface area contributed by atoms with Crippen LogP contribution < -0.4 is 0 Å². The maximum absolute atomic E-state index is 11.2. The van der Waals surface area contributed by atoms with E-state index in [0.29, 0.717) is 42.0 Å². The van der Waals surface area contributed by atoms with Crippen LogP contribution in [0.1, 0.15) is 40.8 Å². The second-order valence-electron chi connectivity index (χ2n) is 6.05. The summed E-state index contributed by atoms with van der Waals surface area (Å²) >= 11 is 0. The molecule has 1 aromatic carbocycles. The molecule has 25 heavy (non-hydrogen) atoms. The van der Waals surface area contributed by atoms with Crippen molar-refractivity contribution in [2.45, 2.75) is 31.7 Å². The number of benzene rings is 1. The Labute approximate surface area is 142 Å². The molecular formula is C17H16N4O4. The van der Waals surface area contributed by atoms with Gasteiger partial charge in [-0.15, -0.1) is 0 Å². The van der Waals surface area contributed by atoms with E-state index in [1.807, 2.05) is 10.8 Å². The van der Waals surface area contributed by atoms with Gasteiger partial charge in [0.15, 0.2) is 5.82 Å². The van der Waals surface area contributed by atoms with E-state index in [4.69, 9.17) is 9.63 Å². The van der Waals surface area contributed by atoms with Gasteiger partial charge in [-0.05, 0) is 31.0 Å². The van der Waals surface area contributed by atoms with Crippen LogP contribution in [0.5, 0.6) is 5.75 Å². The van der Waals surface area contributed by atoms with E-state index in [-0.39, 0.29) is 11.3 Å². The zero-order valence-corrected chi connectivity index (χ0v) is 13.3. The number of carboxylic acid groups (broad SMARTS) is 1. The molecule has 0 saturated heterocycles. The topological polar surface area (TPSA) is 114 Å². The Balaban J connectivity index is 1.53. The quantitative estimate of drug-likeness (QED) is 0.708. The first kappa shape index (κ1) is 15.4. The summed E-state index contributed by atoms with van der Waals surface area (Å²) in [6, 6.07) is 4.41. The van der Waals surface area contributed by atoms with E-state index in [1.54, 1.807) is 12.3 Å². The fourth-order valence-electron chi connectivity index (χ4n) is 2.68. The van der Waals surface area contributed by atoms with E-state index in [0.717, 1.165) is 12.8 Å². The minimum Gasteiger partial charge on any atom is -0.507 e. The molecule has 1 aliphatic carbocycles. The van der Waals surface area contributed by atoms with Gasteiger partial charge in [0.05, 0.1) is 0 Å². The highest BCUT2D eigenvalue weighted by atomic mass is 16.5. The van der Waals surface area contributed by atoms with Gasteiger partial charge in [-0.3, -0.25) is 0 Å². The summed E-state index contributed by atoms with van der Waals surface area (Å²) in [4.78, 5) is 19.9. The zero-order valence-electron chi connectivity index (χ0n) is 13.3. The Kier molecular flexibility index (Phi) is 3.72. The summed E-state index contributed by atoms with van der Waals surface area (Å²) in [6.45, 7) is 0.586. The average molecular weight is 340 g/mol. The number of carbonyl (C=O) groups is 1. The smallest absolute Gasteiger partial charge is 0.339 e. The number of rotatable bonds is 6. The molecular weight excluding hydrogens is 324 g/mol. The third kappa shape index (κ3) is 3.10. The summed E-state index contributed by atoms with van der Waals surface area (Å²) in [5, 5.41) is 22.8. The molecule has 1 aliphatic rings. The maximum Gasteiger partial charge on any atom is 0.339 e. The van der Waals surface area contributed by atoms with E-state index < -0.39 is 5.97 Å². The van der Waals surface area contributed by atoms with Crippen LogP contribution in [-0.2, 0) is 13.0 Å². The van der Waals surface area contributed by atoms with Gasteiger partial charge in [0, 0.05) is 36.8 Å². The summed E-state index contributed by atoms with van der Waals surface area (Å²) < 4.78 is 7.14. The third-order valence-corrected chi connectivity index (χ3v) is 4.19. The largest absolute Gasteiger partial charge is 0.507 e. The van der Waals surface area contributed by atoms with Crippen LogP contribution in [0, 0.1) is 0 Å². The molecule has 8 heteroatoms. The molecule has 2 aromatic heterocycles. The van der Waals surface area contributed by atoms with Crippen molar-refractivity contribution in [1.29, 1.82) is 0 Å². The number of phenols is 1. The monoisotopic (exact) mass is 340 g/mol. The Morgan fingerprint density at radius 3 is 2.96 bits per heavy atom. The van der Waals surface area contributed by atoms with Gasteiger partial charge in [0.25, 0.3) is 0 Å². The molecule has 1 saturated carbocycles. The van der Waals surface area contributed by atoms with Crippen molar-refractivity contribution in [3.63, 3.8) is 0 Å². The molecule has 3 aromatic rings. The van der Waals surface area contributed by atoms with Gasteiger partial charge in [0.1, 0.15) is 17.1 Å². The highest BCUT2D eigenvalue weighted by Crippen LogP contribution is 2.38. The molecule has 0 aliphatic heterocycles. The van der Waals surface area contributed by atoms with Crippen LogP contribution in [0.25, 0.3) is 11.4 Å². The normalized spacial score (nSPS) is 13.9. The lowest BCUT2D eigenvalue weighted by Gasteiger charge is -2.08. The van der Waals surface area contributed by atoms with Crippen molar-refractivity contribution in [3.05, 3.63) is 47.9 Å². The predicted molar refractivity (Wildman–Crippen MR) is 86.3 cm³/mol. The van der Waals surface area contributed by atoms with Crippen molar-refractivity contribution in [2.24, 2.45) is 0 Å². The third-order valence-electron chi connectivity index (χ3n) is 4.19. The Morgan fingerprint density at radius 1 is 1.36 bits per heavy atom. The number of hydrogen-bond acceptors (Lipinski definition) is 6. The van der Waals surface area contributed by atoms with Crippen molar-refractivity contribution < 1.29 is 19.5 Å². The summed E-state index contributed by atoms with van der Waals surface area (Å²) in [5.41, 5.74) is 0.464. The van der Waals surface area contributed by atoms with E-state index >= 15 is 0 Å². The number of hydrogen-bond donors (Lipinski definition) is 2. The second kappa shape index (κ2) is 6.04. The van der Waals surface area contributed by atoms with Crippen molar-refractivity contribution >= 4 is 5.97 Å². The van der Waals surface area contributed by atoms with Gasteiger partial charge < -0.3 is 19.3 Å². The van der Waals surface area contributed by atoms with E-state index in [9.17, 15) is 9.90 Å². The number of aromatic nitrogens is 4. The zero-order chi connectivity index (χ0) is 17.4. The van der Waals surface area contributed by atoms with Crippen LogP contribution in [0.4, 0.5) is 0 Å². The number of imidazole rings is 1. The van der Waals surface area contributed by atoms with Gasteiger partial charge in [0.2, 0.25) is 5.89 Å². The van der Waals surface area contributed by atoms with Gasteiger partial charge in [-0.1, -0.05) is 5.16 Å². The number of aryl methyl sites for hydroxylation is 2. The molecule has 1 fully saturated rings. The highest BCUT2D eigenvalue weighted by molar-refractivity contribution is 5.92. The Bertz CT molecular complexity index is 926. The molecule has 0 spiro atoms. The second-order valence-corrected chi connectivity index (χ2v) is 6.05. The van der Waals surface area contributed by atoms with E-state index in [1.165, 1.54) is 12.1 Å². The van der Waals surface area contributed by atoms with Crippen LogP contribution in [0.3, 0.4) is 0 Å². The molecule has 128 valence electrons. The Morgan fingerprint density at radius 2 is 2.20 bits per heavy atom. The van der Waals surface area contributed by atoms with Crippen molar-refractivity contribution in [3.8, 4) is 17.1 Å². The minimum atomic E-state index is -1.18. The molecule has 0 amide bonds. The summed E-state index contributed by atoms with van der Waals surface area (Å²) in [7, 11) is 0. The molecule has 8 nitrogen and oxygen atoms in total. The summed E-state index contributed by atoms with van der Waals surface area (Å²) in [5.74, 6) is 0.958. The number of aromatic carboxylic acids is 1. The average Bonchev–Trinajstić information content (AvgIpc) is 3.16. The maximum atomic E-state index is 11.2. The standard InChI is InChI=1S/C17H16N4O4/c22-13-4-3-11(9-12(13)17(23)24)15-18-6-8-21(15)7-5-14-19-16(25-20-14)10-1-2-10/h3-4,6,8-10,22H,1-2,5,7H2,(H,23,24). The van der Waals surface area contributed by atoms with Crippen molar-refractivity contribution in [2.75, 3.05) is 0 Å². The highest BCUT2D eigenvalue weighted by Gasteiger charge is 2.29. The lowest BCUT2D eigenvalue weighted by Crippen LogP contribution is -2.04. The first-order valence-electron chi connectivity index (χ1n) is 8.02. The molecule has 0 unspecified atom stereocenters. The van der Waals surface area contributed by atoms with Gasteiger partial charge in [-0.2, -0.15) is 4.98 Å². The first-order chi connectivity index (χ1) is 12.1. The number of aromatic hydroxyl groups is 1. The molecule has 0 radical (unpaired) electrons. The molecule has 2 heterocycles. The Hall–Kier alpha value is -3.16. The fraction of sp³-hybridized carbons (Fsp3) is 0.294. The lowest BCUT2D eigenvalue weighted by atomic mass is 10.1. The number of carboxylic acids is 1. The molecule has 4 rings (SSSR count). The molecule has 2 N–H and O–H groups in total. The van der Waals surface area contributed by atoms with Crippen LogP contribution in [0.2, 0.25) is 0 Å². The summed E-state index contributed by atoms with van der Waals surface area (Å²) in [6.07, 6.45) is 6.27. The molecule has 0 bridgehead atoms.